The minimum Gasteiger partial charge on any atom is -0.311 e. The first-order valence-electron chi connectivity index (χ1n) is 9.49. The van der Waals surface area contributed by atoms with E-state index in [2.05, 4.69) is 10.4 Å². The highest BCUT2D eigenvalue weighted by molar-refractivity contribution is 7.91. The fourth-order valence-corrected chi connectivity index (χ4v) is 5.78. The first-order valence-corrected chi connectivity index (χ1v) is 11.3. The van der Waals surface area contributed by atoms with E-state index in [4.69, 9.17) is 0 Å². The second-order valence-corrected chi connectivity index (χ2v) is 9.85. The molecule has 0 radical (unpaired) electrons. The van der Waals surface area contributed by atoms with Crippen molar-refractivity contribution in [3.63, 3.8) is 0 Å². The molecule has 7 heteroatoms. The van der Waals surface area contributed by atoms with E-state index in [0.29, 0.717) is 18.7 Å². The average Bonchev–Trinajstić information content (AvgIpc) is 3.10. The summed E-state index contributed by atoms with van der Waals surface area (Å²) in [5.74, 6) is 1.72. The van der Waals surface area contributed by atoms with Gasteiger partial charge in [0.2, 0.25) is 5.91 Å². The van der Waals surface area contributed by atoms with Crippen LogP contribution in [0.15, 0.2) is 6.07 Å². The number of hydrogen-bond donors (Lipinski definition) is 1. The van der Waals surface area contributed by atoms with Gasteiger partial charge in [-0.15, -0.1) is 0 Å². The molecular weight excluding hydrogens is 338 g/mol. The van der Waals surface area contributed by atoms with Crippen LogP contribution < -0.4 is 5.32 Å². The summed E-state index contributed by atoms with van der Waals surface area (Å²) >= 11 is 0. The molecule has 2 heterocycles. The summed E-state index contributed by atoms with van der Waals surface area (Å²) in [4.78, 5) is 12.3. The van der Waals surface area contributed by atoms with Gasteiger partial charge < -0.3 is 5.32 Å². The van der Waals surface area contributed by atoms with Gasteiger partial charge in [-0.25, -0.2) is 13.1 Å². The molecule has 1 N–H and O–H groups in total. The zero-order valence-electron chi connectivity index (χ0n) is 15.0. The number of rotatable bonds is 6. The van der Waals surface area contributed by atoms with E-state index in [1.807, 2.05) is 13.0 Å². The highest BCUT2D eigenvalue weighted by Gasteiger charge is 2.31. The van der Waals surface area contributed by atoms with Crippen molar-refractivity contribution in [1.29, 1.82) is 0 Å². The van der Waals surface area contributed by atoms with Gasteiger partial charge in [0.15, 0.2) is 9.84 Å². The number of anilines is 1. The molecule has 1 aliphatic heterocycles. The summed E-state index contributed by atoms with van der Waals surface area (Å²) in [5.41, 5.74) is 0.793. The molecule has 2 aliphatic rings. The normalized spacial score (nSPS) is 23.6. The summed E-state index contributed by atoms with van der Waals surface area (Å²) in [6.45, 7) is 1.86. The highest BCUT2D eigenvalue weighted by atomic mass is 32.2. The van der Waals surface area contributed by atoms with E-state index in [-0.39, 0.29) is 23.5 Å². The van der Waals surface area contributed by atoms with Crippen molar-refractivity contribution in [3.8, 4) is 0 Å². The average molecular weight is 368 g/mol. The van der Waals surface area contributed by atoms with E-state index in [0.717, 1.165) is 24.5 Å². The Morgan fingerprint density at radius 2 is 2.04 bits per heavy atom. The summed E-state index contributed by atoms with van der Waals surface area (Å²) in [5, 5.41) is 7.34. The fourth-order valence-electron chi connectivity index (χ4n) is 4.09. The summed E-state index contributed by atoms with van der Waals surface area (Å²) < 4.78 is 25.1. The molecule has 1 amide bonds. The topological polar surface area (TPSA) is 81.1 Å². The van der Waals surface area contributed by atoms with E-state index in [1.54, 1.807) is 4.68 Å². The summed E-state index contributed by atoms with van der Waals surface area (Å²) in [7, 11) is -2.98. The summed E-state index contributed by atoms with van der Waals surface area (Å²) in [6, 6.07) is 1.65. The maximum Gasteiger partial charge on any atom is 0.225 e. The van der Waals surface area contributed by atoms with Crippen LogP contribution in [0, 0.1) is 12.8 Å². The van der Waals surface area contributed by atoms with Crippen molar-refractivity contribution in [1.82, 2.24) is 9.78 Å². The van der Waals surface area contributed by atoms with E-state index in [9.17, 15) is 13.2 Å². The SMILES string of the molecule is Cc1cc(NC(=O)CCCC2CCCCC2)n(C2CCS(=O)(=O)C2)n1. The van der Waals surface area contributed by atoms with Crippen LogP contribution >= 0.6 is 0 Å². The van der Waals surface area contributed by atoms with Crippen LogP contribution in [0.25, 0.3) is 0 Å². The fraction of sp³-hybridized carbons (Fsp3) is 0.778. The van der Waals surface area contributed by atoms with Crippen LogP contribution in [0.3, 0.4) is 0 Å². The number of nitrogens with one attached hydrogen (secondary N) is 1. The molecule has 1 aliphatic carbocycles. The Labute approximate surface area is 150 Å². The highest BCUT2D eigenvalue weighted by Crippen LogP contribution is 2.29. The predicted molar refractivity (Wildman–Crippen MR) is 98.3 cm³/mol. The van der Waals surface area contributed by atoms with Gasteiger partial charge in [0, 0.05) is 12.5 Å². The van der Waals surface area contributed by atoms with Crippen molar-refractivity contribution in [3.05, 3.63) is 11.8 Å². The molecular formula is C18H29N3O3S. The third kappa shape index (κ3) is 5.06. The van der Waals surface area contributed by atoms with Gasteiger partial charge >= 0.3 is 0 Å². The number of amides is 1. The molecule has 2 fully saturated rings. The predicted octanol–water partition coefficient (Wildman–Crippen LogP) is 3.24. The number of aromatic nitrogens is 2. The molecule has 1 aromatic rings. The van der Waals surface area contributed by atoms with Gasteiger partial charge in [0.05, 0.1) is 23.2 Å². The molecule has 25 heavy (non-hydrogen) atoms. The van der Waals surface area contributed by atoms with Gasteiger partial charge in [0.25, 0.3) is 0 Å². The number of hydrogen-bond acceptors (Lipinski definition) is 4. The molecule has 1 saturated carbocycles. The zero-order valence-corrected chi connectivity index (χ0v) is 15.9. The quantitative estimate of drug-likeness (QED) is 0.837. The Hall–Kier alpha value is -1.37. The second-order valence-electron chi connectivity index (χ2n) is 7.62. The van der Waals surface area contributed by atoms with Crippen molar-refractivity contribution < 1.29 is 13.2 Å². The zero-order chi connectivity index (χ0) is 17.9. The molecule has 0 aromatic carbocycles. The lowest BCUT2D eigenvalue weighted by molar-refractivity contribution is -0.116. The smallest absolute Gasteiger partial charge is 0.225 e. The van der Waals surface area contributed by atoms with Crippen molar-refractivity contribution >= 4 is 21.6 Å². The van der Waals surface area contributed by atoms with Crippen molar-refractivity contribution in [2.45, 2.75) is 70.8 Å². The first kappa shape index (κ1) is 18.4. The monoisotopic (exact) mass is 367 g/mol. The van der Waals surface area contributed by atoms with E-state index < -0.39 is 9.84 Å². The third-order valence-electron chi connectivity index (χ3n) is 5.42. The van der Waals surface area contributed by atoms with Gasteiger partial charge in [-0.05, 0) is 32.1 Å². The Bertz CT molecular complexity index is 705. The molecule has 0 spiro atoms. The molecule has 1 saturated heterocycles. The van der Waals surface area contributed by atoms with Crippen LogP contribution in [-0.4, -0.2) is 35.6 Å². The van der Waals surface area contributed by atoms with Crippen LogP contribution in [0.2, 0.25) is 0 Å². The molecule has 140 valence electrons. The number of carbonyl (C=O) groups excluding carboxylic acids is 1. The number of sulfone groups is 1. The van der Waals surface area contributed by atoms with Gasteiger partial charge in [-0.2, -0.15) is 5.10 Å². The Morgan fingerprint density at radius 3 is 2.72 bits per heavy atom. The van der Waals surface area contributed by atoms with Crippen LogP contribution in [0.5, 0.6) is 0 Å². The second kappa shape index (κ2) is 7.89. The molecule has 3 rings (SSSR count). The number of nitrogens with zero attached hydrogens (tertiary/aromatic N) is 2. The standard InChI is InChI=1S/C18H29N3O3S/c1-14-12-17(21(20-14)16-10-11-25(23,24)13-16)19-18(22)9-5-8-15-6-3-2-4-7-15/h12,15-16H,2-11,13H2,1H3,(H,19,22). The molecule has 1 unspecified atom stereocenters. The van der Waals surface area contributed by atoms with Crippen molar-refractivity contribution in [2.24, 2.45) is 5.92 Å². The van der Waals surface area contributed by atoms with Gasteiger partial charge in [0.1, 0.15) is 5.82 Å². The number of carbonyl (C=O) groups is 1. The number of aryl methyl sites for hydroxylation is 1. The Morgan fingerprint density at radius 1 is 1.28 bits per heavy atom. The lowest BCUT2D eigenvalue weighted by Gasteiger charge is -2.21. The minimum absolute atomic E-state index is 0.00202. The maximum absolute atomic E-state index is 12.3. The summed E-state index contributed by atoms with van der Waals surface area (Å²) in [6.07, 6.45) is 9.77. The van der Waals surface area contributed by atoms with Gasteiger partial charge in [-0.1, -0.05) is 32.1 Å². The molecule has 1 aromatic heterocycles. The first-order chi connectivity index (χ1) is 11.9. The molecule has 1 atom stereocenters. The van der Waals surface area contributed by atoms with Gasteiger partial charge in [-0.3, -0.25) is 4.79 Å². The Balaban J connectivity index is 1.52. The molecule has 6 nitrogen and oxygen atoms in total. The molecule has 0 bridgehead atoms. The van der Waals surface area contributed by atoms with E-state index >= 15 is 0 Å². The Kier molecular flexibility index (Phi) is 5.81. The van der Waals surface area contributed by atoms with Crippen LogP contribution in [0.4, 0.5) is 5.82 Å². The van der Waals surface area contributed by atoms with Crippen molar-refractivity contribution in [2.75, 3.05) is 16.8 Å². The third-order valence-corrected chi connectivity index (χ3v) is 7.17. The lowest BCUT2D eigenvalue weighted by atomic mass is 9.86. The minimum atomic E-state index is -2.98. The van der Waals surface area contributed by atoms with E-state index in [1.165, 1.54) is 32.1 Å². The van der Waals surface area contributed by atoms with Crippen LogP contribution in [-0.2, 0) is 14.6 Å². The lowest BCUT2D eigenvalue weighted by Crippen LogP contribution is -2.19. The largest absolute Gasteiger partial charge is 0.311 e. The van der Waals surface area contributed by atoms with Crippen LogP contribution in [0.1, 0.15) is 69.5 Å². The maximum atomic E-state index is 12.3.